The summed E-state index contributed by atoms with van der Waals surface area (Å²) in [5, 5.41) is 9.53. The Morgan fingerprint density at radius 3 is 2.90 bits per heavy atom. The van der Waals surface area contributed by atoms with Gasteiger partial charge in [0.15, 0.2) is 5.16 Å². The highest BCUT2D eigenvalue weighted by Gasteiger charge is 2.12. The number of ether oxygens (including phenoxy) is 1. The maximum absolute atomic E-state index is 10.8. The van der Waals surface area contributed by atoms with Crippen LogP contribution in [-0.2, 0) is 16.0 Å². The third-order valence-corrected chi connectivity index (χ3v) is 3.88. The molecule has 2 rings (SSSR count). The van der Waals surface area contributed by atoms with Crippen molar-refractivity contribution in [2.45, 2.75) is 18.5 Å². The fourth-order valence-electron chi connectivity index (χ4n) is 2.05. The van der Waals surface area contributed by atoms with Crippen molar-refractivity contribution in [3.8, 4) is 5.69 Å². The lowest BCUT2D eigenvalue weighted by atomic mass is 10.1. The summed E-state index contributed by atoms with van der Waals surface area (Å²) in [6.45, 7) is 2.54. The van der Waals surface area contributed by atoms with E-state index in [1.807, 2.05) is 35.9 Å². The van der Waals surface area contributed by atoms with Gasteiger partial charge in [0, 0.05) is 13.3 Å². The number of methoxy groups -OCH3 is 1. The van der Waals surface area contributed by atoms with Gasteiger partial charge in [0.25, 0.3) is 0 Å². The number of benzene rings is 1. The summed E-state index contributed by atoms with van der Waals surface area (Å²) in [4.78, 5) is 15.2. The number of aliphatic carboxylic acids is 1. The molecule has 21 heavy (non-hydrogen) atoms. The average Bonchev–Trinajstić information content (AvgIpc) is 2.84. The highest BCUT2D eigenvalue weighted by atomic mass is 32.2. The number of hydrogen-bond donors (Lipinski definition) is 1. The molecule has 0 saturated heterocycles. The van der Waals surface area contributed by atoms with Crippen LogP contribution in [0.5, 0.6) is 0 Å². The van der Waals surface area contributed by atoms with Crippen molar-refractivity contribution in [3.05, 3.63) is 41.7 Å². The fraction of sp³-hybridized carbons (Fsp3) is 0.333. The largest absolute Gasteiger partial charge is 0.481 e. The van der Waals surface area contributed by atoms with Crippen molar-refractivity contribution in [3.63, 3.8) is 0 Å². The minimum Gasteiger partial charge on any atom is -0.481 e. The number of imidazole rings is 1. The van der Waals surface area contributed by atoms with E-state index in [0.29, 0.717) is 11.8 Å². The molecule has 1 heterocycles. The van der Waals surface area contributed by atoms with E-state index in [1.165, 1.54) is 11.8 Å². The Balaban J connectivity index is 2.34. The molecular weight excluding hydrogens is 288 g/mol. The van der Waals surface area contributed by atoms with Gasteiger partial charge < -0.3 is 9.84 Å². The first kappa shape index (κ1) is 15.6. The van der Waals surface area contributed by atoms with Gasteiger partial charge in [-0.25, -0.2) is 4.98 Å². The number of aromatic nitrogens is 2. The number of thioether (sulfide) groups is 1. The van der Waals surface area contributed by atoms with Crippen LogP contribution in [0.2, 0.25) is 0 Å². The van der Waals surface area contributed by atoms with E-state index in [1.54, 1.807) is 7.11 Å². The zero-order valence-electron chi connectivity index (χ0n) is 12.1. The highest BCUT2D eigenvalue weighted by molar-refractivity contribution is 7.99. The zero-order valence-corrected chi connectivity index (χ0v) is 12.9. The molecule has 2 aromatic rings. The van der Waals surface area contributed by atoms with E-state index in [9.17, 15) is 4.79 Å². The number of carboxylic acids is 1. The molecule has 0 aliphatic carbocycles. The molecule has 1 aromatic heterocycles. The molecule has 0 aliphatic heterocycles. The lowest BCUT2D eigenvalue weighted by Gasteiger charge is -2.12. The minimum absolute atomic E-state index is 0.00328. The third-order valence-electron chi connectivity index (χ3n) is 2.95. The maximum atomic E-state index is 10.8. The molecule has 6 heteroatoms. The normalized spacial score (nSPS) is 10.8. The summed E-state index contributed by atoms with van der Waals surface area (Å²) >= 11 is 1.22. The second-order valence-electron chi connectivity index (χ2n) is 4.59. The molecule has 112 valence electrons. The van der Waals surface area contributed by atoms with Gasteiger partial charge in [-0.3, -0.25) is 9.36 Å². The predicted octanol–water partition coefficient (Wildman–Crippen LogP) is 2.55. The summed E-state index contributed by atoms with van der Waals surface area (Å²) in [5.74, 6) is -0.851. The van der Waals surface area contributed by atoms with Gasteiger partial charge in [0.1, 0.15) is 0 Å². The van der Waals surface area contributed by atoms with E-state index in [2.05, 4.69) is 11.1 Å². The number of para-hydroxylation sites is 1. The van der Waals surface area contributed by atoms with Crippen molar-refractivity contribution in [2.24, 2.45) is 0 Å². The van der Waals surface area contributed by atoms with Gasteiger partial charge in [0.2, 0.25) is 0 Å². The number of carboxylic acid groups (broad SMARTS) is 1. The van der Waals surface area contributed by atoms with E-state index in [4.69, 9.17) is 9.84 Å². The maximum Gasteiger partial charge on any atom is 0.313 e. The van der Waals surface area contributed by atoms with E-state index in [0.717, 1.165) is 23.4 Å². The van der Waals surface area contributed by atoms with Crippen LogP contribution in [0.4, 0.5) is 0 Å². The molecule has 0 saturated carbocycles. The second-order valence-corrected chi connectivity index (χ2v) is 5.53. The van der Waals surface area contributed by atoms with Gasteiger partial charge in [-0.05, 0) is 25.0 Å². The first-order valence-corrected chi connectivity index (χ1v) is 7.58. The smallest absolute Gasteiger partial charge is 0.313 e. The van der Waals surface area contributed by atoms with Gasteiger partial charge in [-0.2, -0.15) is 0 Å². The highest BCUT2D eigenvalue weighted by Crippen LogP contribution is 2.24. The number of aryl methyl sites for hydroxylation is 1. The van der Waals surface area contributed by atoms with Crippen LogP contribution in [-0.4, -0.2) is 40.1 Å². The molecule has 0 spiro atoms. The van der Waals surface area contributed by atoms with Crippen LogP contribution in [0, 0.1) is 6.92 Å². The molecule has 1 aromatic carbocycles. The quantitative estimate of drug-likeness (QED) is 0.796. The molecule has 0 amide bonds. The van der Waals surface area contributed by atoms with Gasteiger partial charge in [-0.15, -0.1) is 0 Å². The Bertz CT molecular complexity index is 625. The standard InChI is InChI=1S/C15H18N2O3S/c1-11-9-17(15(16-11)21-10-14(18)19)13-6-4-3-5-12(13)7-8-20-2/h3-6,9H,7-8,10H2,1-2H3,(H,18,19). The van der Waals surface area contributed by atoms with E-state index in [-0.39, 0.29) is 5.75 Å². The van der Waals surface area contributed by atoms with Crippen LogP contribution in [0.3, 0.4) is 0 Å². The number of carbonyl (C=O) groups is 1. The molecule has 0 bridgehead atoms. The molecule has 0 aliphatic rings. The first-order valence-electron chi connectivity index (χ1n) is 6.59. The molecule has 0 radical (unpaired) electrons. The zero-order chi connectivity index (χ0) is 15.2. The molecule has 0 unspecified atom stereocenters. The van der Waals surface area contributed by atoms with Crippen LogP contribution >= 0.6 is 11.8 Å². The Labute approximate surface area is 128 Å². The van der Waals surface area contributed by atoms with Gasteiger partial charge in [-0.1, -0.05) is 30.0 Å². The first-order chi connectivity index (χ1) is 10.1. The van der Waals surface area contributed by atoms with Crippen molar-refractivity contribution < 1.29 is 14.6 Å². The summed E-state index contributed by atoms with van der Waals surface area (Å²) in [7, 11) is 1.68. The summed E-state index contributed by atoms with van der Waals surface area (Å²) in [5.41, 5.74) is 3.03. The average molecular weight is 306 g/mol. The summed E-state index contributed by atoms with van der Waals surface area (Å²) in [6.07, 6.45) is 2.72. The molecule has 5 nitrogen and oxygen atoms in total. The van der Waals surface area contributed by atoms with Gasteiger partial charge >= 0.3 is 5.97 Å². The van der Waals surface area contributed by atoms with Crippen LogP contribution in [0.25, 0.3) is 5.69 Å². The molecule has 1 N–H and O–H groups in total. The summed E-state index contributed by atoms with van der Waals surface area (Å²) in [6, 6.07) is 8.02. The monoisotopic (exact) mass is 306 g/mol. The fourth-order valence-corrected chi connectivity index (χ4v) is 2.80. The minimum atomic E-state index is -0.847. The van der Waals surface area contributed by atoms with Crippen molar-refractivity contribution >= 4 is 17.7 Å². The Morgan fingerprint density at radius 1 is 1.43 bits per heavy atom. The van der Waals surface area contributed by atoms with Crippen LogP contribution in [0.1, 0.15) is 11.3 Å². The summed E-state index contributed by atoms with van der Waals surface area (Å²) < 4.78 is 7.10. The third kappa shape index (κ3) is 4.09. The van der Waals surface area contributed by atoms with Crippen molar-refractivity contribution in [1.82, 2.24) is 9.55 Å². The topological polar surface area (TPSA) is 64.4 Å². The van der Waals surface area contributed by atoms with Crippen LogP contribution in [0.15, 0.2) is 35.6 Å². The Kier molecular flexibility index (Phi) is 5.41. The SMILES string of the molecule is COCCc1ccccc1-n1cc(C)nc1SCC(=O)O. The van der Waals surface area contributed by atoms with E-state index < -0.39 is 5.97 Å². The molecule has 0 atom stereocenters. The predicted molar refractivity (Wildman–Crippen MR) is 82.2 cm³/mol. The van der Waals surface area contributed by atoms with Gasteiger partial charge in [0.05, 0.1) is 23.7 Å². The lowest BCUT2D eigenvalue weighted by Crippen LogP contribution is -2.05. The number of hydrogen-bond acceptors (Lipinski definition) is 4. The van der Waals surface area contributed by atoms with Crippen LogP contribution < -0.4 is 0 Å². The molecule has 0 fully saturated rings. The second kappa shape index (κ2) is 7.28. The Morgan fingerprint density at radius 2 is 2.19 bits per heavy atom. The van der Waals surface area contributed by atoms with Crippen molar-refractivity contribution in [2.75, 3.05) is 19.5 Å². The Hall–Kier alpha value is -1.79. The number of nitrogens with zero attached hydrogens (tertiary/aromatic N) is 2. The van der Waals surface area contributed by atoms with Crippen molar-refractivity contribution in [1.29, 1.82) is 0 Å². The lowest BCUT2D eigenvalue weighted by molar-refractivity contribution is -0.133. The number of rotatable bonds is 7. The van der Waals surface area contributed by atoms with E-state index >= 15 is 0 Å². The molecular formula is C15H18N2O3S.